The summed E-state index contributed by atoms with van der Waals surface area (Å²) in [7, 11) is 1.55. The second-order valence-corrected chi connectivity index (χ2v) is 3.90. The third-order valence-electron chi connectivity index (χ3n) is 2.53. The van der Waals surface area contributed by atoms with Gasteiger partial charge in [0.2, 0.25) is 0 Å². The van der Waals surface area contributed by atoms with E-state index in [2.05, 4.69) is 15.2 Å². The number of hydrogen-bond acceptors (Lipinski definition) is 4. The monoisotopic (exact) mass is 282 g/mol. The van der Waals surface area contributed by atoms with Crippen molar-refractivity contribution < 1.29 is 18.3 Å². The van der Waals surface area contributed by atoms with E-state index in [1.165, 1.54) is 29.1 Å². The van der Waals surface area contributed by atoms with Gasteiger partial charge in [-0.25, -0.2) is 0 Å². The smallest absolute Gasteiger partial charge is 0.387 e. The molecule has 0 bridgehead atoms. The number of alkyl halides is 2. The molecule has 8 heteroatoms. The van der Waals surface area contributed by atoms with Crippen molar-refractivity contribution in [2.24, 2.45) is 7.05 Å². The van der Waals surface area contributed by atoms with E-state index in [4.69, 9.17) is 5.73 Å². The molecule has 1 aromatic heterocycles. The molecular formula is C12H12F2N4O2. The molecule has 0 atom stereocenters. The second kappa shape index (κ2) is 5.55. The molecule has 0 saturated heterocycles. The number of hydrogen-bond donors (Lipinski definition) is 2. The number of nitrogens with one attached hydrogen (secondary N) is 1. The summed E-state index contributed by atoms with van der Waals surface area (Å²) in [5.74, 6) is -0.690. The molecule has 0 aliphatic heterocycles. The molecule has 106 valence electrons. The van der Waals surface area contributed by atoms with Gasteiger partial charge in [-0.15, -0.1) is 0 Å². The van der Waals surface area contributed by atoms with Crippen LogP contribution in [0.4, 0.5) is 20.2 Å². The fourth-order valence-electron chi connectivity index (χ4n) is 1.68. The Bertz CT molecular complexity index is 608. The molecule has 2 aromatic rings. The molecule has 20 heavy (non-hydrogen) atoms. The molecule has 1 heterocycles. The molecule has 1 amide bonds. The van der Waals surface area contributed by atoms with Crippen molar-refractivity contribution in [1.29, 1.82) is 0 Å². The van der Waals surface area contributed by atoms with Crippen molar-refractivity contribution in [3.63, 3.8) is 0 Å². The normalized spacial score (nSPS) is 10.6. The number of carbonyl (C=O) groups is 1. The Hall–Kier alpha value is -2.64. The minimum atomic E-state index is -2.98. The van der Waals surface area contributed by atoms with Crippen molar-refractivity contribution in [3.05, 3.63) is 36.2 Å². The number of aromatic nitrogens is 2. The Morgan fingerprint density at radius 3 is 2.75 bits per heavy atom. The lowest BCUT2D eigenvalue weighted by atomic mass is 10.2. The highest BCUT2D eigenvalue weighted by atomic mass is 19.3. The van der Waals surface area contributed by atoms with Crippen LogP contribution in [0.15, 0.2) is 30.5 Å². The van der Waals surface area contributed by atoms with E-state index in [9.17, 15) is 13.6 Å². The van der Waals surface area contributed by atoms with E-state index >= 15 is 0 Å². The van der Waals surface area contributed by atoms with Crippen LogP contribution in [0.3, 0.4) is 0 Å². The first-order valence-corrected chi connectivity index (χ1v) is 5.61. The van der Waals surface area contributed by atoms with Crippen LogP contribution >= 0.6 is 0 Å². The van der Waals surface area contributed by atoms with Crippen molar-refractivity contribution in [2.45, 2.75) is 6.61 Å². The zero-order valence-electron chi connectivity index (χ0n) is 10.5. The van der Waals surface area contributed by atoms with Gasteiger partial charge in [0, 0.05) is 7.05 Å². The van der Waals surface area contributed by atoms with Crippen molar-refractivity contribution in [3.8, 4) is 5.75 Å². The zero-order chi connectivity index (χ0) is 14.7. The van der Waals surface area contributed by atoms with Gasteiger partial charge in [0.15, 0.2) is 0 Å². The minimum absolute atomic E-state index is 0.124. The van der Waals surface area contributed by atoms with Crippen molar-refractivity contribution >= 4 is 17.3 Å². The van der Waals surface area contributed by atoms with Crippen molar-refractivity contribution in [2.75, 3.05) is 11.1 Å². The lowest BCUT2D eigenvalue weighted by Gasteiger charge is -2.11. The van der Waals surface area contributed by atoms with Crippen LogP contribution in [-0.4, -0.2) is 22.3 Å². The summed E-state index contributed by atoms with van der Waals surface area (Å²) in [6.07, 6.45) is 1.33. The van der Waals surface area contributed by atoms with E-state index < -0.39 is 12.5 Å². The van der Waals surface area contributed by atoms with E-state index in [-0.39, 0.29) is 22.8 Å². The summed E-state index contributed by atoms with van der Waals surface area (Å²) in [5, 5.41) is 6.29. The third-order valence-corrected chi connectivity index (χ3v) is 2.53. The molecule has 1 aromatic carbocycles. The molecule has 2 rings (SSSR count). The van der Waals surface area contributed by atoms with E-state index in [1.54, 1.807) is 13.1 Å². The van der Waals surface area contributed by atoms with Crippen LogP contribution in [0, 0.1) is 0 Å². The largest absolute Gasteiger partial charge is 0.433 e. The summed E-state index contributed by atoms with van der Waals surface area (Å²) >= 11 is 0. The lowest BCUT2D eigenvalue weighted by Crippen LogP contribution is -2.18. The number of halogens is 2. The summed E-state index contributed by atoms with van der Waals surface area (Å²) < 4.78 is 30.2. The zero-order valence-corrected chi connectivity index (χ0v) is 10.5. The average Bonchev–Trinajstić information content (AvgIpc) is 2.71. The first-order chi connectivity index (χ1) is 9.49. The predicted molar refractivity (Wildman–Crippen MR) is 68.6 cm³/mol. The topological polar surface area (TPSA) is 82.2 Å². The van der Waals surface area contributed by atoms with Crippen LogP contribution in [0.25, 0.3) is 0 Å². The Balaban J connectivity index is 2.24. The maximum Gasteiger partial charge on any atom is 0.387 e. The molecule has 0 fully saturated rings. The van der Waals surface area contributed by atoms with Gasteiger partial charge in [-0.05, 0) is 12.1 Å². The molecule has 0 radical (unpaired) electrons. The predicted octanol–water partition coefficient (Wildman–Crippen LogP) is 1.86. The summed E-state index contributed by atoms with van der Waals surface area (Å²) in [6, 6.07) is 5.88. The average molecular weight is 282 g/mol. The Kier molecular flexibility index (Phi) is 3.83. The number of carbonyl (C=O) groups excluding carboxylic acids is 1. The first kappa shape index (κ1) is 13.8. The van der Waals surface area contributed by atoms with Crippen LogP contribution in [0.1, 0.15) is 10.5 Å². The van der Waals surface area contributed by atoms with Gasteiger partial charge in [-0.1, -0.05) is 12.1 Å². The molecular weight excluding hydrogens is 270 g/mol. The highest BCUT2D eigenvalue weighted by molar-refractivity contribution is 6.07. The molecule has 0 aliphatic carbocycles. The third kappa shape index (κ3) is 2.85. The van der Waals surface area contributed by atoms with Gasteiger partial charge in [-0.2, -0.15) is 13.9 Å². The van der Waals surface area contributed by atoms with Gasteiger partial charge >= 0.3 is 6.61 Å². The minimum Gasteiger partial charge on any atom is -0.433 e. The first-order valence-electron chi connectivity index (χ1n) is 5.61. The maximum absolute atomic E-state index is 12.3. The number of nitrogens with two attached hydrogens (primary N) is 1. The number of amides is 1. The van der Waals surface area contributed by atoms with Crippen LogP contribution in [0.2, 0.25) is 0 Å². The Morgan fingerprint density at radius 1 is 1.45 bits per heavy atom. The maximum atomic E-state index is 12.3. The van der Waals surface area contributed by atoms with Crippen LogP contribution < -0.4 is 15.8 Å². The number of benzene rings is 1. The van der Waals surface area contributed by atoms with Crippen LogP contribution in [0.5, 0.6) is 5.75 Å². The number of nitrogen functional groups attached to an aromatic ring is 1. The molecule has 6 nitrogen and oxygen atoms in total. The number of ether oxygens (including phenoxy) is 1. The van der Waals surface area contributed by atoms with E-state index in [0.29, 0.717) is 0 Å². The van der Waals surface area contributed by atoms with Gasteiger partial charge < -0.3 is 15.8 Å². The highest BCUT2D eigenvalue weighted by Gasteiger charge is 2.17. The van der Waals surface area contributed by atoms with Crippen LogP contribution in [-0.2, 0) is 7.05 Å². The van der Waals surface area contributed by atoms with Crippen molar-refractivity contribution in [1.82, 2.24) is 9.78 Å². The SMILES string of the molecule is Cn1ncc(N)c1C(=O)Nc1ccccc1OC(F)F. The number of aryl methyl sites for hydroxylation is 1. The molecule has 0 saturated carbocycles. The number of rotatable bonds is 4. The lowest BCUT2D eigenvalue weighted by molar-refractivity contribution is -0.0493. The second-order valence-electron chi connectivity index (χ2n) is 3.90. The Labute approximate surface area is 113 Å². The standard InChI is InChI=1S/C12H12F2N4O2/c1-18-10(7(15)6-16-18)11(19)17-8-4-2-3-5-9(8)20-12(13)14/h2-6,12H,15H2,1H3,(H,17,19). The fourth-order valence-corrected chi connectivity index (χ4v) is 1.68. The number of anilines is 2. The molecule has 0 unspecified atom stereocenters. The highest BCUT2D eigenvalue weighted by Crippen LogP contribution is 2.26. The summed E-state index contributed by atoms with van der Waals surface area (Å²) in [5.41, 5.74) is 6.07. The molecule has 0 spiro atoms. The Morgan fingerprint density at radius 2 is 2.15 bits per heavy atom. The van der Waals surface area contributed by atoms with Gasteiger partial charge in [-0.3, -0.25) is 9.48 Å². The molecule has 3 N–H and O–H groups in total. The number of nitrogens with zero attached hydrogens (tertiary/aromatic N) is 2. The quantitative estimate of drug-likeness (QED) is 0.896. The van der Waals surface area contributed by atoms with Gasteiger partial charge in [0.25, 0.3) is 5.91 Å². The number of para-hydroxylation sites is 2. The van der Waals surface area contributed by atoms with Gasteiger partial charge in [0.05, 0.1) is 17.6 Å². The summed E-state index contributed by atoms with van der Waals surface area (Å²) in [6.45, 7) is -2.98. The molecule has 0 aliphatic rings. The summed E-state index contributed by atoms with van der Waals surface area (Å²) in [4.78, 5) is 12.1. The van der Waals surface area contributed by atoms with E-state index in [1.807, 2.05) is 0 Å². The van der Waals surface area contributed by atoms with Gasteiger partial charge in [0.1, 0.15) is 11.4 Å². The van der Waals surface area contributed by atoms with E-state index in [0.717, 1.165) is 0 Å². The fraction of sp³-hybridized carbons (Fsp3) is 0.167.